The van der Waals surface area contributed by atoms with E-state index in [1.165, 1.54) is 0 Å². The maximum atomic E-state index is 6.22. The summed E-state index contributed by atoms with van der Waals surface area (Å²) in [5.41, 5.74) is 7.96. The van der Waals surface area contributed by atoms with E-state index in [0.29, 0.717) is 119 Å². The van der Waals surface area contributed by atoms with Gasteiger partial charge >= 0.3 is 320 Å². The molecule has 0 saturated heterocycles. The van der Waals surface area contributed by atoms with Gasteiger partial charge in [-0.15, -0.1) is 23.2 Å². The minimum absolute atomic E-state index is 0. The third-order valence-corrected chi connectivity index (χ3v) is 30.0. The molecule has 0 fully saturated rings. The molecular weight excluding hydrogens is 1580 g/mol. The van der Waals surface area contributed by atoms with Crippen molar-refractivity contribution >= 4 is 74.9 Å². The van der Waals surface area contributed by atoms with Crippen LogP contribution >= 0.6 is 23.2 Å². The van der Waals surface area contributed by atoms with Gasteiger partial charge in [0.05, 0.1) is 54.3 Å². The van der Waals surface area contributed by atoms with Crippen molar-refractivity contribution in [3.05, 3.63) is 264 Å². The number of hydrogen-bond donors (Lipinski definition) is 0. The molecule has 2 spiro atoms. The van der Waals surface area contributed by atoms with E-state index in [1.54, 1.807) is 72.8 Å². The summed E-state index contributed by atoms with van der Waals surface area (Å²) in [5.74, 6) is 7.08. The standard InChI is InChI=1S/2C20H26N4.2C18H12AsO6.CH2Cl2.2Cu/c2*1-15(2)19-9-5-7-17(23-19)13-21-11-12-22-14-18-8-6-10-20(24-18)16(3)4;2*1-2-8-14-13(7-1)20-19(21-14,22-15-9-3-4-10-16(15)23-19)24-17-11-5-6-12-18(17)25-19;2-1-3;;/h2*5-10,13-16H,11-12H2,1-4H3;2*1-12H;1H2;;/q;;2*-1;;2*+1. The Morgan fingerprint density at radius 2 is 0.408 bits per heavy atom. The van der Waals surface area contributed by atoms with Crippen molar-refractivity contribution in [2.24, 2.45) is 20.0 Å². The van der Waals surface area contributed by atoms with Crippen LogP contribution in [0.2, 0.25) is 0 Å². The van der Waals surface area contributed by atoms with E-state index in [-0.39, 0.29) is 39.5 Å². The predicted molar refractivity (Wildman–Crippen MR) is 397 cm³/mol. The third-order valence-electron chi connectivity index (χ3n) is 15.7. The number of alkyl halides is 2. The number of nitrogens with zero attached hydrogens (tertiary/aromatic N) is 8. The van der Waals surface area contributed by atoms with Crippen molar-refractivity contribution in [2.75, 3.05) is 31.5 Å². The molecule has 6 aliphatic heterocycles. The van der Waals surface area contributed by atoms with E-state index < -0.39 is 26.8 Å². The first-order valence-electron chi connectivity index (χ1n) is 33.1. The van der Waals surface area contributed by atoms with Crippen molar-refractivity contribution < 1.29 is 78.8 Å². The topological polar surface area (TPSA) is 212 Å². The zero-order chi connectivity index (χ0) is 70.6. The monoisotopic (exact) mass is 1650 g/mol. The molecule has 544 valence electrons. The van der Waals surface area contributed by atoms with Crippen LogP contribution in [0, 0.1) is 0 Å². The average Bonchev–Trinajstić information content (AvgIpc) is 1.47. The Morgan fingerprint density at radius 3 is 0.544 bits per heavy atom. The SMILES string of the molecule is CC(C)c1cccc(C=NCCN=Cc2cccc(C(C)C)n2)n1.CC(C)c1cccc(C=NCCN=Cc2cccc(C(C)C)n2)n1.ClCCl.[Cu+].[Cu+].c1ccc2c(c1)O[As-]13(O2)(Oc2ccccc2O1)Oc1ccccc1O3.c1ccc2c(c1)O[As-]13(O2)(Oc2ccccc2O1)Oc1ccccc1O3. The molecule has 10 aromatic rings. The van der Waals surface area contributed by atoms with Crippen LogP contribution in [0.1, 0.15) is 125 Å². The zero-order valence-electron chi connectivity index (χ0n) is 57.7. The van der Waals surface area contributed by atoms with Gasteiger partial charge < -0.3 is 0 Å². The van der Waals surface area contributed by atoms with Crippen molar-refractivity contribution in [2.45, 2.75) is 79.1 Å². The van der Waals surface area contributed by atoms with Crippen LogP contribution < -0.4 is 44.7 Å². The van der Waals surface area contributed by atoms with Crippen molar-refractivity contribution in [3.8, 4) is 69.0 Å². The number of pyridine rings is 4. The Labute approximate surface area is 632 Å². The number of fused-ring (bicyclic) bond motifs is 6. The molecule has 0 N–H and O–H groups in total. The fourth-order valence-electron chi connectivity index (χ4n) is 10.9. The van der Waals surface area contributed by atoms with Gasteiger partial charge in [-0.05, 0) is 72.2 Å². The van der Waals surface area contributed by atoms with Gasteiger partial charge in [-0.2, -0.15) is 0 Å². The normalized spacial score (nSPS) is 17.2. The van der Waals surface area contributed by atoms with Crippen LogP contribution in [0.4, 0.5) is 0 Å². The van der Waals surface area contributed by atoms with Crippen molar-refractivity contribution in [1.29, 1.82) is 0 Å². The fraction of sp³-hybridized carbons (Fsp3) is 0.221. The molecule has 20 nitrogen and oxygen atoms in total. The first-order valence-corrected chi connectivity index (χ1v) is 43.4. The summed E-state index contributed by atoms with van der Waals surface area (Å²) in [7, 11) is 0. The number of hydrogen-bond acceptors (Lipinski definition) is 20. The van der Waals surface area contributed by atoms with Gasteiger partial charge in [0.25, 0.3) is 0 Å². The van der Waals surface area contributed by atoms with E-state index in [2.05, 4.69) is 95.3 Å². The Bertz CT molecular complexity index is 3920. The summed E-state index contributed by atoms with van der Waals surface area (Å²) in [6.07, 6.45) is 7.27. The summed E-state index contributed by atoms with van der Waals surface area (Å²) in [4.78, 5) is 35.9. The molecule has 6 aliphatic rings. The number of benzene rings is 6. The quantitative estimate of drug-likeness (QED) is 0.0429. The second kappa shape index (κ2) is 31.5. The van der Waals surface area contributed by atoms with E-state index in [0.717, 1.165) is 45.6 Å². The summed E-state index contributed by atoms with van der Waals surface area (Å²) in [6.45, 7) is 19.7. The molecule has 10 heterocycles. The Hall–Kier alpha value is -9.06. The van der Waals surface area contributed by atoms with Crippen LogP contribution in [0.3, 0.4) is 0 Å². The molecule has 0 bridgehead atoms. The van der Waals surface area contributed by atoms with Gasteiger partial charge in [0.1, 0.15) is 0 Å². The minimum atomic E-state index is -6.17. The van der Waals surface area contributed by atoms with Crippen molar-refractivity contribution in [3.63, 3.8) is 0 Å². The van der Waals surface area contributed by atoms with Crippen LogP contribution in [0.25, 0.3) is 0 Å². The van der Waals surface area contributed by atoms with Gasteiger partial charge in [0.15, 0.2) is 0 Å². The van der Waals surface area contributed by atoms with Gasteiger partial charge in [0, 0.05) is 47.6 Å². The number of halogens is 2. The van der Waals surface area contributed by atoms with Gasteiger partial charge in [-0.25, -0.2) is 0 Å². The Kier molecular flexibility index (Phi) is 23.4. The van der Waals surface area contributed by atoms with Gasteiger partial charge in [0.2, 0.25) is 0 Å². The molecule has 0 aliphatic carbocycles. The van der Waals surface area contributed by atoms with Gasteiger partial charge in [-0.1, -0.05) is 79.7 Å². The molecule has 0 atom stereocenters. The second-order valence-corrected chi connectivity index (χ2v) is 39.6. The van der Waals surface area contributed by atoms with Gasteiger partial charge in [-0.3, -0.25) is 39.9 Å². The van der Waals surface area contributed by atoms with E-state index in [4.69, 9.17) is 67.9 Å². The van der Waals surface area contributed by atoms with Crippen LogP contribution in [0.15, 0.2) is 238 Å². The second-order valence-electron chi connectivity index (χ2n) is 24.8. The molecule has 6 aromatic carbocycles. The molecule has 16 rings (SSSR count). The first kappa shape index (κ1) is 76.6. The average molecular weight is 1660 g/mol. The summed E-state index contributed by atoms with van der Waals surface area (Å²) in [5, 5.41) is 0.194. The number of rotatable bonds is 14. The molecule has 0 unspecified atom stereocenters. The molecular formula is C77H78As2Cl2Cu2N8O12. The Balaban J connectivity index is 0.000000145. The van der Waals surface area contributed by atoms with E-state index in [1.807, 2.05) is 170 Å². The maximum absolute atomic E-state index is 6.22. The molecule has 103 heavy (non-hydrogen) atoms. The summed E-state index contributed by atoms with van der Waals surface area (Å²) < 4.78 is 74.7. The predicted octanol–water partition coefficient (Wildman–Crippen LogP) is 17.4. The molecule has 0 radical (unpaired) electrons. The van der Waals surface area contributed by atoms with Crippen LogP contribution in [0.5, 0.6) is 69.0 Å². The van der Waals surface area contributed by atoms with E-state index >= 15 is 0 Å². The number of aromatic nitrogens is 4. The third kappa shape index (κ3) is 16.6. The fourth-order valence-corrected chi connectivity index (χ4v) is 27.1. The molecule has 0 saturated carbocycles. The zero-order valence-corrected chi connectivity index (χ0v) is 64.8. The van der Waals surface area contributed by atoms with Crippen LogP contribution in [-0.4, -0.2) is 103 Å². The molecule has 26 heteroatoms. The Morgan fingerprint density at radius 1 is 0.262 bits per heavy atom. The summed E-state index contributed by atoms with van der Waals surface area (Å²) >= 11 is -2.82. The summed E-state index contributed by atoms with van der Waals surface area (Å²) in [6, 6.07) is 67.2. The first-order chi connectivity index (χ1) is 48.8. The number of aliphatic imine (C=N–C) groups is 4. The van der Waals surface area contributed by atoms with Crippen LogP contribution in [-0.2, 0) is 34.1 Å². The van der Waals surface area contributed by atoms with Crippen molar-refractivity contribution in [1.82, 2.24) is 19.9 Å². The number of para-hydroxylation sites is 12. The molecule has 4 aromatic heterocycles. The molecule has 0 amide bonds. The van der Waals surface area contributed by atoms with E-state index in [9.17, 15) is 0 Å².